The van der Waals surface area contributed by atoms with Crippen molar-refractivity contribution in [2.75, 3.05) is 6.61 Å². The molecule has 0 unspecified atom stereocenters. The first-order chi connectivity index (χ1) is 8.01. The van der Waals surface area contributed by atoms with Crippen LogP contribution < -0.4 is 0 Å². The Labute approximate surface area is 102 Å². The summed E-state index contributed by atoms with van der Waals surface area (Å²) in [5, 5.41) is 19.5. The van der Waals surface area contributed by atoms with Gasteiger partial charge in [0.25, 0.3) is 5.69 Å². The fraction of sp³-hybridized carbons (Fsp3) is 0.200. The maximum atomic E-state index is 11.5. The van der Waals surface area contributed by atoms with Crippen LogP contribution in [0, 0.1) is 21.4 Å². The molecule has 0 saturated heterocycles. The van der Waals surface area contributed by atoms with Gasteiger partial charge in [-0.2, -0.15) is 5.26 Å². The van der Waals surface area contributed by atoms with Crippen LogP contribution in [-0.2, 0) is 4.74 Å². The number of esters is 1. The second-order valence-electron chi connectivity index (χ2n) is 2.98. The standard InChI is InChI=1S/C10H8N2O4S/c1-2-16-10(13)7-3-6(5-11)9(17)4-8(7)12(14)15/h3-4,17H,2H2,1H3. The second kappa shape index (κ2) is 5.32. The predicted octanol–water partition coefficient (Wildman–Crippen LogP) is 1.93. The first kappa shape index (κ1) is 13.0. The molecule has 0 atom stereocenters. The molecular formula is C10H8N2O4S. The quantitative estimate of drug-likeness (QED) is 0.384. The Morgan fingerprint density at radius 1 is 1.65 bits per heavy atom. The van der Waals surface area contributed by atoms with Crippen molar-refractivity contribution < 1.29 is 14.5 Å². The highest BCUT2D eigenvalue weighted by molar-refractivity contribution is 7.80. The summed E-state index contributed by atoms with van der Waals surface area (Å²) < 4.78 is 4.68. The van der Waals surface area contributed by atoms with Crippen LogP contribution >= 0.6 is 12.6 Å². The molecule has 1 aromatic rings. The zero-order chi connectivity index (χ0) is 13.0. The Kier molecular flexibility index (Phi) is 4.06. The Bertz CT molecular complexity index is 522. The van der Waals surface area contributed by atoms with Gasteiger partial charge in [-0.15, -0.1) is 12.6 Å². The molecule has 6 nitrogen and oxygen atoms in total. The van der Waals surface area contributed by atoms with Crippen molar-refractivity contribution >= 4 is 24.3 Å². The summed E-state index contributed by atoms with van der Waals surface area (Å²) in [6.45, 7) is 1.68. The number of thiol groups is 1. The number of carbonyl (C=O) groups is 1. The van der Waals surface area contributed by atoms with E-state index >= 15 is 0 Å². The second-order valence-corrected chi connectivity index (χ2v) is 3.46. The van der Waals surface area contributed by atoms with Crippen molar-refractivity contribution in [1.29, 1.82) is 5.26 Å². The topological polar surface area (TPSA) is 93.2 Å². The lowest BCUT2D eigenvalue weighted by Gasteiger charge is -2.04. The van der Waals surface area contributed by atoms with Gasteiger partial charge in [0.1, 0.15) is 11.6 Å². The van der Waals surface area contributed by atoms with Crippen LogP contribution in [0.3, 0.4) is 0 Å². The molecule has 17 heavy (non-hydrogen) atoms. The van der Waals surface area contributed by atoms with E-state index in [1.165, 1.54) is 0 Å². The van der Waals surface area contributed by atoms with E-state index in [0.29, 0.717) is 0 Å². The Balaban J connectivity index is 3.40. The fourth-order valence-corrected chi connectivity index (χ4v) is 1.43. The van der Waals surface area contributed by atoms with E-state index in [-0.39, 0.29) is 22.6 Å². The third-order valence-corrected chi connectivity index (χ3v) is 2.30. The number of benzene rings is 1. The highest BCUT2D eigenvalue weighted by atomic mass is 32.1. The van der Waals surface area contributed by atoms with E-state index in [1.807, 2.05) is 0 Å². The minimum atomic E-state index is -0.830. The van der Waals surface area contributed by atoms with Crippen LogP contribution in [-0.4, -0.2) is 17.5 Å². The first-order valence-electron chi connectivity index (χ1n) is 4.59. The fourth-order valence-electron chi connectivity index (χ4n) is 1.19. The molecule has 0 saturated carbocycles. The molecule has 0 aliphatic heterocycles. The van der Waals surface area contributed by atoms with Crippen molar-refractivity contribution in [2.24, 2.45) is 0 Å². The number of nitro benzene ring substituents is 1. The minimum Gasteiger partial charge on any atom is -0.462 e. The van der Waals surface area contributed by atoms with Gasteiger partial charge in [-0.3, -0.25) is 10.1 Å². The monoisotopic (exact) mass is 252 g/mol. The number of hydrogen-bond donors (Lipinski definition) is 1. The van der Waals surface area contributed by atoms with Gasteiger partial charge in [-0.25, -0.2) is 4.79 Å². The molecular weight excluding hydrogens is 244 g/mol. The summed E-state index contributed by atoms with van der Waals surface area (Å²) in [7, 11) is 0. The van der Waals surface area contributed by atoms with E-state index in [4.69, 9.17) is 5.26 Å². The number of nitro groups is 1. The van der Waals surface area contributed by atoms with Gasteiger partial charge >= 0.3 is 5.97 Å². The average Bonchev–Trinajstić information content (AvgIpc) is 2.28. The Morgan fingerprint density at radius 3 is 2.76 bits per heavy atom. The molecule has 0 fully saturated rings. The number of carbonyl (C=O) groups excluding carboxylic acids is 1. The van der Waals surface area contributed by atoms with Crippen LogP contribution in [0.15, 0.2) is 17.0 Å². The average molecular weight is 252 g/mol. The Hall–Kier alpha value is -2.07. The van der Waals surface area contributed by atoms with E-state index in [0.717, 1.165) is 12.1 Å². The minimum absolute atomic E-state index is 0.0852. The largest absolute Gasteiger partial charge is 0.462 e. The normalized spacial score (nSPS) is 9.47. The number of nitrogens with zero attached hydrogens (tertiary/aromatic N) is 2. The third-order valence-electron chi connectivity index (χ3n) is 1.93. The lowest BCUT2D eigenvalue weighted by atomic mass is 10.1. The molecule has 0 N–H and O–H groups in total. The lowest BCUT2D eigenvalue weighted by molar-refractivity contribution is -0.385. The number of hydrogen-bond acceptors (Lipinski definition) is 6. The molecule has 88 valence electrons. The summed E-state index contributed by atoms with van der Waals surface area (Å²) >= 11 is 3.93. The highest BCUT2D eigenvalue weighted by Crippen LogP contribution is 2.26. The Morgan fingerprint density at radius 2 is 2.29 bits per heavy atom. The van der Waals surface area contributed by atoms with Crippen LogP contribution in [0.25, 0.3) is 0 Å². The predicted molar refractivity (Wildman–Crippen MR) is 61.0 cm³/mol. The molecule has 0 aromatic heterocycles. The van der Waals surface area contributed by atoms with Crippen LogP contribution in [0.4, 0.5) is 5.69 Å². The molecule has 1 aromatic carbocycles. The van der Waals surface area contributed by atoms with E-state index in [1.54, 1.807) is 13.0 Å². The van der Waals surface area contributed by atoms with Gasteiger partial charge in [-0.1, -0.05) is 0 Å². The SMILES string of the molecule is CCOC(=O)c1cc(C#N)c(S)cc1[N+](=O)[O-]. The van der Waals surface area contributed by atoms with Gasteiger partial charge in [0.05, 0.1) is 17.1 Å². The van der Waals surface area contributed by atoms with Gasteiger partial charge in [-0.05, 0) is 13.0 Å². The highest BCUT2D eigenvalue weighted by Gasteiger charge is 2.23. The molecule has 7 heteroatoms. The summed E-state index contributed by atoms with van der Waals surface area (Å²) in [4.78, 5) is 21.7. The van der Waals surface area contributed by atoms with Gasteiger partial charge in [0.15, 0.2) is 0 Å². The van der Waals surface area contributed by atoms with Crippen LogP contribution in [0.2, 0.25) is 0 Å². The summed E-state index contributed by atoms with van der Waals surface area (Å²) in [6.07, 6.45) is 0. The van der Waals surface area contributed by atoms with Crippen molar-refractivity contribution in [3.8, 4) is 6.07 Å². The van der Waals surface area contributed by atoms with Crippen LogP contribution in [0.5, 0.6) is 0 Å². The van der Waals surface area contributed by atoms with Gasteiger partial charge in [0.2, 0.25) is 0 Å². The molecule has 0 amide bonds. The summed E-state index contributed by atoms with van der Waals surface area (Å²) in [6, 6.07) is 3.96. The van der Waals surface area contributed by atoms with Crippen molar-refractivity contribution in [2.45, 2.75) is 11.8 Å². The number of nitriles is 1. The van der Waals surface area contributed by atoms with E-state index < -0.39 is 16.6 Å². The first-order valence-corrected chi connectivity index (χ1v) is 5.04. The maximum absolute atomic E-state index is 11.5. The van der Waals surface area contributed by atoms with E-state index in [9.17, 15) is 14.9 Å². The molecule has 0 spiro atoms. The molecule has 1 rings (SSSR count). The zero-order valence-electron chi connectivity index (χ0n) is 8.84. The molecule has 0 aliphatic carbocycles. The van der Waals surface area contributed by atoms with Gasteiger partial charge < -0.3 is 4.74 Å². The summed E-state index contributed by atoms with van der Waals surface area (Å²) in [5.41, 5.74) is -0.583. The van der Waals surface area contributed by atoms with Gasteiger partial charge in [0, 0.05) is 11.0 Å². The smallest absolute Gasteiger partial charge is 0.345 e. The van der Waals surface area contributed by atoms with Crippen LogP contribution in [0.1, 0.15) is 22.8 Å². The number of rotatable bonds is 3. The molecule has 0 aliphatic rings. The van der Waals surface area contributed by atoms with Crippen molar-refractivity contribution in [1.82, 2.24) is 0 Å². The lowest BCUT2D eigenvalue weighted by Crippen LogP contribution is -2.08. The van der Waals surface area contributed by atoms with E-state index in [2.05, 4.69) is 17.4 Å². The molecule has 0 heterocycles. The van der Waals surface area contributed by atoms with Crippen molar-refractivity contribution in [3.63, 3.8) is 0 Å². The molecule has 0 radical (unpaired) electrons. The van der Waals surface area contributed by atoms with Crippen molar-refractivity contribution in [3.05, 3.63) is 33.4 Å². The zero-order valence-corrected chi connectivity index (χ0v) is 9.73. The molecule has 0 bridgehead atoms. The summed E-state index contributed by atoms with van der Waals surface area (Å²) in [5.74, 6) is -0.830. The number of ether oxygens (including phenoxy) is 1. The maximum Gasteiger partial charge on any atom is 0.345 e. The third kappa shape index (κ3) is 2.73.